The topological polar surface area (TPSA) is 0 Å². The minimum atomic E-state index is 0.906. The predicted molar refractivity (Wildman–Crippen MR) is 352 cm³/mol. The molecule has 0 radical (unpaired) electrons. The van der Waals surface area contributed by atoms with Crippen LogP contribution in [0.5, 0.6) is 0 Å². The van der Waals surface area contributed by atoms with Crippen molar-refractivity contribution in [2.45, 2.75) is 302 Å². The lowest BCUT2D eigenvalue weighted by Gasteiger charge is -3.03. The van der Waals surface area contributed by atoms with Crippen LogP contribution in [0, 0.1) is 230 Å². The Morgan fingerprint density at radius 1 is 0.163 bits per heavy atom. The molecule has 0 aliphatic heterocycles. The first kappa shape index (κ1) is 55.3. The molecule has 476 valence electrons. The van der Waals surface area contributed by atoms with Gasteiger partial charge in [0.1, 0.15) is 0 Å². The molecule has 15 atom stereocenters. The van der Waals surface area contributed by atoms with Crippen LogP contribution in [0.4, 0.5) is 0 Å². The maximum Gasteiger partial charge on any atom is -0.0266 e. The third-order valence-electron chi connectivity index (χ3n) is 38.2. The van der Waals surface area contributed by atoms with Gasteiger partial charge >= 0.3 is 0 Å². The van der Waals surface area contributed by atoms with E-state index in [1.54, 1.807) is 231 Å². The van der Waals surface area contributed by atoms with Crippen LogP contribution in [0.2, 0.25) is 0 Å². The van der Waals surface area contributed by atoms with Gasteiger partial charge in [0, 0.05) is 0 Å². The molecule has 35 saturated carbocycles. The van der Waals surface area contributed by atoms with Gasteiger partial charge in [0.2, 0.25) is 0 Å². The Bertz CT molecular complexity index is 2050. The molecular formula is C86H132. The highest BCUT2D eigenvalue weighted by atomic mass is 15.0. The molecule has 35 aliphatic rings. The van der Waals surface area contributed by atoms with Crippen molar-refractivity contribution >= 4 is 0 Å². The second-order valence-corrected chi connectivity index (χ2v) is 41.2. The summed E-state index contributed by atoms with van der Waals surface area (Å²) >= 11 is 0. The fraction of sp³-hybridized carbons (Fsp3) is 1.00. The molecule has 0 amide bonds. The average Bonchev–Trinajstić information content (AvgIpc) is 0.930. The molecule has 15 unspecified atom stereocenters. The fourth-order valence-corrected chi connectivity index (χ4v) is 35.8. The Morgan fingerprint density at radius 3 is 0.884 bits per heavy atom. The minimum Gasteiger partial charge on any atom is -0.0533 e. The zero-order chi connectivity index (χ0) is 55.7. The second kappa shape index (κ2) is 21.5. The second-order valence-electron chi connectivity index (χ2n) is 41.2. The van der Waals surface area contributed by atoms with Crippen molar-refractivity contribution in [2.24, 2.45) is 230 Å². The van der Waals surface area contributed by atoms with Crippen LogP contribution in [0.15, 0.2) is 0 Å². The first-order chi connectivity index (χ1) is 42.5. The lowest BCUT2D eigenvalue weighted by Crippen LogP contribution is -3.00. The minimum absolute atomic E-state index is 0.906. The summed E-state index contributed by atoms with van der Waals surface area (Å²) in [6.45, 7) is 0. The van der Waals surface area contributed by atoms with Crippen molar-refractivity contribution in [3.8, 4) is 0 Å². The van der Waals surface area contributed by atoms with Gasteiger partial charge in [-0.1, -0.05) is 116 Å². The number of hydrogen-bond acceptors (Lipinski definition) is 0. The summed E-state index contributed by atoms with van der Waals surface area (Å²) in [4.78, 5) is 0. The SMILES string of the molecule is C12C3C4C1C1C2C3C41.C1C2C3CC4C5CC3C1C5C24.C1C2CC3C1C3C2.C1C2CC3CC1CC(C2)C3.C1C2CC3CC1CC(C2)C3.C1CC2C3C(C1)C23.C1CC2CC3CCCC3(C1)C2.C1CCC2C3CCC2C(C1)C3.C1CCCC1.C1CCCCC1. The van der Waals surface area contributed by atoms with Gasteiger partial charge in [-0.2, -0.15) is 0 Å². The zero-order valence-corrected chi connectivity index (χ0v) is 55.7. The highest BCUT2D eigenvalue weighted by molar-refractivity contribution is 5.44. The van der Waals surface area contributed by atoms with E-state index in [0.29, 0.717) is 0 Å². The van der Waals surface area contributed by atoms with Gasteiger partial charge in [-0.3, -0.25) is 0 Å². The van der Waals surface area contributed by atoms with Gasteiger partial charge in [-0.15, -0.1) is 0 Å². The van der Waals surface area contributed by atoms with Crippen molar-refractivity contribution in [1.29, 1.82) is 0 Å². The van der Waals surface area contributed by atoms with Gasteiger partial charge in [-0.05, 0) is 416 Å². The van der Waals surface area contributed by atoms with Gasteiger partial charge in [0.25, 0.3) is 0 Å². The Kier molecular flexibility index (Phi) is 13.8. The van der Waals surface area contributed by atoms with E-state index in [0.717, 1.165) is 11.3 Å². The first-order valence-electron chi connectivity index (χ1n) is 42.5. The largest absolute Gasteiger partial charge is 0.0533 e. The summed E-state index contributed by atoms with van der Waals surface area (Å²) in [6.07, 6.45) is 74.1. The normalized spacial score (nSPS) is 63.1. The standard InChI is InChI=1S/C11H14.2C11H18.2C10H16.C8H8.2C7H10.C6H12.C5H10/c1-4-5-2-9-8(1)10-6(4)3-7(5)11(9)10;1-3-9-7-10-4-2-6-11(10,5-1)8-9;1-2-4-10-9-5-6-11(10)8(3-1)7-9;2*1-7-2-9-4-8(1)5-10(3-7)6-9;1-2-5-3(1)7-4(1)6(2)8(5)7;1-4-2-6-5(1)7(6)3-4;1-2-4-6-5(3-1)7(4)6;1-2-4-6-5-3-1;1-2-4-5-3-1/h4-11H,1-3H2;9-10H,1-8H2;8-11H,1-7H2;2*7-10H,1-6H2;1-8H;2*4-7H,1-3H2;1-6H2;1-5H2. The monoisotopic (exact) mass is 1170 g/mol. The summed E-state index contributed by atoms with van der Waals surface area (Å²) in [7, 11) is 0. The molecule has 0 aromatic carbocycles. The van der Waals surface area contributed by atoms with Crippen molar-refractivity contribution in [1.82, 2.24) is 0 Å². The smallest absolute Gasteiger partial charge is 0.0266 e. The van der Waals surface area contributed by atoms with E-state index in [9.17, 15) is 0 Å². The van der Waals surface area contributed by atoms with Gasteiger partial charge in [-0.25, -0.2) is 0 Å². The Hall–Kier alpha value is 0. The molecule has 35 rings (SSSR count). The Morgan fingerprint density at radius 2 is 0.488 bits per heavy atom. The van der Waals surface area contributed by atoms with Crippen LogP contribution in [-0.4, -0.2) is 0 Å². The molecule has 86 heavy (non-hydrogen) atoms. The van der Waals surface area contributed by atoms with E-state index in [1.165, 1.54) is 290 Å². The van der Waals surface area contributed by atoms with Crippen molar-refractivity contribution < 1.29 is 0 Å². The predicted octanol–water partition coefficient (Wildman–Crippen LogP) is 23.0. The summed E-state index contributed by atoms with van der Waals surface area (Å²) in [5, 5.41) is 0. The summed E-state index contributed by atoms with van der Waals surface area (Å²) < 4.78 is 0. The average molecular weight is 1170 g/mol. The van der Waals surface area contributed by atoms with Crippen LogP contribution in [0.3, 0.4) is 0 Å². The molecule has 0 nitrogen and oxygen atoms in total. The Labute approximate surface area is 529 Å². The molecule has 1 spiro atoms. The number of rotatable bonds is 0. The molecule has 0 saturated heterocycles. The molecule has 35 fully saturated rings. The van der Waals surface area contributed by atoms with E-state index < -0.39 is 0 Å². The molecule has 0 aromatic heterocycles. The lowest BCUT2D eigenvalue weighted by molar-refractivity contribution is -0.565. The molecule has 22 bridgehead atoms. The van der Waals surface area contributed by atoms with Crippen LogP contribution in [0.25, 0.3) is 0 Å². The van der Waals surface area contributed by atoms with Crippen LogP contribution < -0.4 is 0 Å². The third kappa shape index (κ3) is 8.83. The van der Waals surface area contributed by atoms with E-state index in [-0.39, 0.29) is 0 Å². The maximum absolute atomic E-state index is 1.68. The summed E-state index contributed by atoms with van der Waals surface area (Å²) in [5.41, 5.74) is 0.906. The molecule has 0 heterocycles. The van der Waals surface area contributed by atoms with Crippen LogP contribution >= 0.6 is 0 Å². The third-order valence-corrected chi connectivity index (χ3v) is 38.2. The van der Waals surface area contributed by atoms with E-state index in [2.05, 4.69) is 0 Å². The summed E-state index contributed by atoms with van der Waals surface area (Å²) in [6, 6.07) is 0. The number of fused-ring (bicyclic) bond motifs is 5. The first-order valence-corrected chi connectivity index (χ1v) is 42.5. The van der Waals surface area contributed by atoms with E-state index >= 15 is 0 Å². The van der Waals surface area contributed by atoms with Gasteiger partial charge in [0.15, 0.2) is 0 Å². The van der Waals surface area contributed by atoms with Crippen molar-refractivity contribution in [2.75, 3.05) is 0 Å². The van der Waals surface area contributed by atoms with Crippen LogP contribution in [0.1, 0.15) is 302 Å². The quantitative estimate of drug-likeness (QED) is 0.227. The van der Waals surface area contributed by atoms with E-state index in [1.807, 2.05) is 0 Å². The maximum atomic E-state index is 1.68. The van der Waals surface area contributed by atoms with Crippen molar-refractivity contribution in [3.63, 3.8) is 0 Å². The summed E-state index contributed by atoms with van der Waals surface area (Å²) in [5.74, 6) is 47.4. The number of hydrogen-bond donors (Lipinski definition) is 0. The van der Waals surface area contributed by atoms with Gasteiger partial charge in [0.05, 0.1) is 0 Å². The lowest BCUT2D eigenvalue weighted by atomic mass is 9.01. The molecule has 0 aromatic rings. The molecule has 35 aliphatic carbocycles. The Balaban J connectivity index is 0.0000000665. The molecule has 0 heteroatoms. The van der Waals surface area contributed by atoms with Crippen molar-refractivity contribution in [3.05, 3.63) is 0 Å². The fourth-order valence-electron chi connectivity index (χ4n) is 35.8. The zero-order valence-electron chi connectivity index (χ0n) is 55.7. The highest BCUT2D eigenvalue weighted by Crippen LogP contribution is 3.01. The highest BCUT2D eigenvalue weighted by Gasteiger charge is 2.97. The van der Waals surface area contributed by atoms with Crippen LogP contribution in [-0.2, 0) is 0 Å². The van der Waals surface area contributed by atoms with E-state index in [4.69, 9.17) is 0 Å². The van der Waals surface area contributed by atoms with Gasteiger partial charge < -0.3 is 0 Å². The molecule has 0 N–H and O–H groups in total. The molecular weight excluding hydrogens is 1030 g/mol.